The van der Waals surface area contributed by atoms with Gasteiger partial charge in [-0.15, -0.1) is 0 Å². The fourth-order valence-corrected chi connectivity index (χ4v) is 2.58. The lowest BCUT2D eigenvalue weighted by molar-refractivity contribution is 0.192. The second-order valence-corrected chi connectivity index (χ2v) is 5.41. The number of nitrogens with zero attached hydrogens (tertiary/aromatic N) is 2. The number of nitriles is 1. The van der Waals surface area contributed by atoms with Gasteiger partial charge in [0.2, 0.25) is 0 Å². The SMILES string of the molecule is CCc1cc(Cl)ccc1NC(=O)N1CCC(C#N)CC1. The molecule has 4 nitrogen and oxygen atoms in total. The minimum atomic E-state index is -0.0987. The number of carbonyl (C=O) groups is 1. The van der Waals surface area contributed by atoms with Gasteiger partial charge in [0, 0.05) is 29.7 Å². The van der Waals surface area contributed by atoms with Crippen LogP contribution in [0.25, 0.3) is 0 Å². The van der Waals surface area contributed by atoms with Crippen LogP contribution in [0.2, 0.25) is 5.02 Å². The summed E-state index contributed by atoms with van der Waals surface area (Å²) in [5, 5.41) is 12.5. The summed E-state index contributed by atoms with van der Waals surface area (Å²) in [6, 6.07) is 7.65. The Morgan fingerprint density at radius 1 is 1.50 bits per heavy atom. The molecular formula is C15H18ClN3O. The van der Waals surface area contributed by atoms with Gasteiger partial charge in [0.25, 0.3) is 0 Å². The normalized spacial score (nSPS) is 15.8. The van der Waals surface area contributed by atoms with E-state index in [9.17, 15) is 4.79 Å². The molecule has 20 heavy (non-hydrogen) atoms. The summed E-state index contributed by atoms with van der Waals surface area (Å²) >= 11 is 5.96. The van der Waals surface area contributed by atoms with E-state index in [1.165, 1.54) is 0 Å². The number of likely N-dealkylation sites (tertiary alicyclic amines) is 1. The van der Waals surface area contributed by atoms with Gasteiger partial charge in [0.15, 0.2) is 0 Å². The molecule has 1 aliphatic rings. The number of benzene rings is 1. The quantitative estimate of drug-likeness (QED) is 0.904. The first-order valence-electron chi connectivity index (χ1n) is 6.88. The molecule has 0 bridgehead atoms. The van der Waals surface area contributed by atoms with Gasteiger partial charge in [-0.2, -0.15) is 5.26 Å². The molecule has 0 spiro atoms. The number of piperidine rings is 1. The van der Waals surface area contributed by atoms with E-state index >= 15 is 0 Å². The lowest BCUT2D eigenvalue weighted by Crippen LogP contribution is -2.40. The highest BCUT2D eigenvalue weighted by atomic mass is 35.5. The van der Waals surface area contributed by atoms with Crippen molar-refractivity contribution in [3.63, 3.8) is 0 Å². The molecule has 1 N–H and O–H groups in total. The topological polar surface area (TPSA) is 56.1 Å². The molecule has 0 atom stereocenters. The first-order chi connectivity index (χ1) is 9.63. The predicted molar refractivity (Wildman–Crippen MR) is 79.8 cm³/mol. The molecule has 1 aliphatic heterocycles. The number of halogens is 1. The molecule has 106 valence electrons. The van der Waals surface area contributed by atoms with E-state index in [4.69, 9.17) is 16.9 Å². The van der Waals surface area contributed by atoms with Gasteiger partial charge in [0.05, 0.1) is 6.07 Å². The maximum Gasteiger partial charge on any atom is 0.321 e. The Balaban J connectivity index is 2.00. The van der Waals surface area contributed by atoms with E-state index in [0.717, 1.165) is 30.5 Å². The van der Waals surface area contributed by atoms with E-state index in [-0.39, 0.29) is 11.9 Å². The number of hydrogen-bond acceptors (Lipinski definition) is 2. The van der Waals surface area contributed by atoms with Gasteiger partial charge in [-0.1, -0.05) is 18.5 Å². The number of anilines is 1. The molecular weight excluding hydrogens is 274 g/mol. The highest BCUT2D eigenvalue weighted by molar-refractivity contribution is 6.30. The van der Waals surface area contributed by atoms with Crippen molar-refractivity contribution in [3.05, 3.63) is 28.8 Å². The van der Waals surface area contributed by atoms with Crippen LogP contribution in [-0.2, 0) is 6.42 Å². The van der Waals surface area contributed by atoms with E-state index < -0.39 is 0 Å². The van der Waals surface area contributed by atoms with Crippen molar-refractivity contribution in [2.24, 2.45) is 5.92 Å². The first-order valence-corrected chi connectivity index (χ1v) is 7.25. The number of hydrogen-bond donors (Lipinski definition) is 1. The van der Waals surface area contributed by atoms with Crippen molar-refractivity contribution < 1.29 is 4.79 Å². The third-order valence-electron chi connectivity index (χ3n) is 3.65. The predicted octanol–water partition coefficient (Wildman–Crippen LogP) is 3.67. The summed E-state index contributed by atoms with van der Waals surface area (Å²) in [5.74, 6) is 0.0841. The average molecular weight is 292 g/mol. The van der Waals surface area contributed by atoms with Crippen molar-refractivity contribution in [2.75, 3.05) is 18.4 Å². The van der Waals surface area contributed by atoms with Crippen LogP contribution < -0.4 is 5.32 Å². The smallest absolute Gasteiger partial charge is 0.321 e. The molecule has 2 amide bonds. The van der Waals surface area contributed by atoms with Crippen LogP contribution in [0, 0.1) is 17.2 Å². The summed E-state index contributed by atoms with van der Waals surface area (Å²) < 4.78 is 0. The minimum Gasteiger partial charge on any atom is -0.324 e. The van der Waals surface area contributed by atoms with Crippen LogP contribution in [0.1, 0.15) is 25.3 Å². The molecule has 0 radical (unpaired) electrons. The highest BCUT2D eigenvalue weighted by Gasteiger charge is 2.22. The summed E-state index contributed by atoms with van der Waals surface area (Å²) in [7, 11) is 0. The van der Waals surface area contributed by atoms with Gasteiger partial charge in [-0.3, -0.25) is 0 Å². The number of aryl methyl sites for hydroxylation is 1. The molecule has 1 heterocycles. The lowest BCUT2D eigenvalue weighted by Gasteiger charge is -2.29. The van der Waals surface area contributed by atoms with Crippen LogP contribution in [0.3, 0.4) is 0 Å². The molecule has 0 aliphatic carbocycles. The molecule has 1 aromatic carbocycles. The third kappa shape index (κ3) is 3.43. The highest BCUT2D eigenvalue weighted by Crippen LogP contribution is 2.22. The zero-order valence-electron chi connectivity index (χ0n) is 11.5. The van der Waals surface area contributed by atoms with Gasteiger partial charge in [-0.05, 0) is 43.0 Å². The van der Waals surface area contributed by atoms with Crippen molar-refractivity contribution in [1.29, 1.82) is 5.26 Å². The Morgan fingerprint density at radius 3 is 2.80 bits per heavy atom. The van der Waals surface area contributed by atoms with E-state index in [0.29, 0.717) is 18.1 Å². The Hall–Kier alpha value is -1.73. The monoisotopic (exact) mass is 291 g/mol. The summed E-state index contributed by atoms with van der Waals surface area (Å²) in [4.78, 5) is 14.0. The largest absolute Gasteiger partial charge is 0.324 e. The zero-order chi connectivity index (χ0) is 14.5. The Morgan fingerprint density at radius 2 is 2.20 bits per heavy atom. The number of rotatable bonds is 2. The molecule has 0 saturated carbocycles. The van der Waals surface area contributed by atoms with Crippen LogP contribution in [0.5, 0.6) is 0 Å². The number of urea groups is 1. The average Bonchev–Trinajstić information content (AvgIpc) is 2.49. The molecule has 0 aromatic heterocycles. The summed E-state index contributed by atoms with van der Waals surface area (Å²) in [6.07, 6.45) is 2.32. The molecule has 5 heteroatoms. The van der Waals surface area contributed by atoms with Crippen molar-refractivity contribution in [3.8, 4) is 6.07 Å². The van der Waals surface area contributed by atoms with Crippen molar-refractivity contribution in [2.45, 2.75) is 26.2 Å². The minimum absolute atomic E-state index is 0.0841. The zero-order valence-corrected chi connectivity index (χ0v) is 12.3. The van der Waals surface area contributed by atoms with Crippen molar-refractivity contribution in [1.82, 2.24) is 4.90 Å². The van der Waals surface area contributed by atoms with Crippen LogP contribution in [-0.4, -0.2) is 24.0 Å². The maximum absolute atomic E-state index is 12.2. The number of carbonyl (C=O) groups excluding carboxylic acids is 1. The van der Waals surface area contributed by atoms with Gasteiger partial charge in [-0.25, -0.2) is 4.79 Å². The van der Waals surface area contributed by atoms with Gasteiger partial charge < -0.3 is 10.2 Å². The molecule has 1 saturated heterocycles. The number of nitrogens with one attached hydrogen (secondary N) is 1. The van der Waals surface area contributed by atoms with E-state index in [2.05, 4.69) is 11.4 Å². The fraction of sp³-hybridized carbons (Fsp3) is 0.467. The van der Waals surface area contributed by atoms with Crippen LogP contribution >= 0.6 is 11.6 Å². The summed E-state index contributed by atoms with van der Waals surface area (Å²) in [6.45, 7) is 3.30. The molecule has 1 fully saturated rings. The first kappa shape index (κ1) is 14.7. The maximum atomic E-state index is 12.2. The van der Waals surface area contributed by atoms with Crippen LogP contribution in [0.4, 0.5) is 10.5 Å². The second-order valence-electron chi connectivity index (χ2n) is 4.98. The van der Waals surface area contributed by atoms with E-state index in [1.807, 2.05) is 19.1 Å². The number of amides is 2. The summed E-state index contributed by atoms with van der Waals surface area (Å²) in [5.41, 5.74) is 1.84. The van der Waals surface area contributed by atoms with Crippen molar-refractivity contribution >= 4 is 23.3 Å². The van der Waals surface area contributed by atoms with Crippen LogP contribution in [0.15, 0.2) is 18.2 Å². The van der Waals surface area contributed by atoms with E-state index in [1.54, 1.807) is 11.0 Å². The second kappa shape index (κ2) is 6.62. The molecule has 0 unspecified atom stereocenters. The lowest BCUT2D eigenvalue weighted by atomic mass is 9.99. The third-order valence-corrected chi connectivity index (χ3v) is 3.89. The molecule has 1 aromatic rings. The fourth-order valence-electron chi connectivity index (χ4n) is 2.38. The standard InChI is InChI=1S/C15H18ClN3O/c1-2-12-9-13(16)3-4-14(12)18-15(20)19-7-5-11(10-17)6-8-19/h3-4,9,11H,2,5-8H2,1H3,(H,18,20). The van der Waals surface area contributed by atoms with Gasteiger partial charge in [0.1, 0.15) is 0 Å². The Labute approximate surface area is 124 Å². The molecule has 2 rings (SSSR count). The Bertz CT molecular complexity index is 530. The Kier molecular flexibility index (Phi) is 4.86. The van der Waals surface area contributed by atoms with Gasteiger partial charge >= 0.3 is 6.03 Å².